The fourth-order valence-corrected chi connectivity index (χ4v) is 1.96. The molecule has 1 aromatic carbocycles. The van der Waals surface area contributed by atoms with Gasteiger partial charge in [0.05, 0.1) is 22.9 Å². The third-order valence-electron chi connectivity index (χ3n) is 2.91. The van der Waals surface area contributed by atoms with Crippen LogP contribution in [0.3, 0.4) is 0 Å². The standard InChI is InChI=1S/C14H15ClFN3/c1-8-3-4-10(5-13(8)16)9(2)19-14-12(15)6-11(17)7-18-14/h3-7,9H,17H2,1-2H3,(H,18,19). The van der Waals surface area contributed by atoms with Crippen molar-refractivity contribution in [1.82, 2.24) is 4.98 Å². The third kappa shape index (κ3) is 3.15. The number of nitrogens with two attached hydrogens (primary N) is 1. The maximum atomic E-state index is 13.5. The Morgan fingerprint density at radius 3 is 2.74 bits per heavy atom. The maximum Gasteiger partial charge on any atom is 0.145 e. The molecule has 0 amide bonds. The minimum absolute atomic E-state index is 0.108. The summed E-state index contributed by atoms with van der Waals surface area (Å²) in [6.45, 7) is 3.65. The van der Waals surface area contributed by atoms with Gasteiger partial charge in [0.2, 0.25) is 0 Å². The van der Waals surface area contributed by atoms with Crippen LogP contribution in [0.15, 0.2) is 30.5 Å². The molecule has 0 aliphatic carbocycles. The van der Waals surface area contributed by atoms with Crippen molar-refractivity contribution in [2.45, 2.75) is 19.9 Å². The summed E-state index contributed by atoms with van der Waals surface area (Å²) >= 11 is 6.04. The van der Waals surface area contributed by atoms with Crippen LogP contribution >= 0.6 is 11.6 Å². The van der Waals surface area contributed by atoms with Gasteiger partial charge in [-0.05, 0) is 37.1 Å². The Morgan fingerprint density at radius 1 is 1.37 bits per heavy atom. The van der Waals surface area contributed by atoms with Gasteiger partial charge < -0.3 is 11.1 Å². The summed E-state index contributed by atoms with van der Waals surface area (Å²) in [6, 6.07) is 6.66. The molecule has 0 saturated heterocycles. The van der Waals surface area contributed by atoms with E-state index in [9.17, 15) is 4.39 Å². The molecule has 1 atom stereocenters. The zero-order chi connectivity index (χ0) is 14.0. The molecular weight excluding hydrogens is 265 g/mol. The molecule has 5 heteroatoms. The number of hydrogen-bond donors (Lipinski definition) is 2. The summed E-state index contributed by atoms with van der Waals surface area (Å²) in [4.78, 5) is 4.12. The van der Waals surface area contributed by atoms with Gasteiger partial charge in [-0.2, -0.15) is 0 Å². The third-order valence-corrected chi connectivity index (χ3v) is 3.20. The number of rotatable bonds is 3. The number of hydrogen-bond acceptors (Lipinski definition) is 3. The summed E-state index contributed by atoms with van der Waals surface area (Å²) in [5.74, 6) is 0.312. The second-order valence-corrected chi connectivity index (χ2v) is 4.88. The van der Waals surface area contributed by atoms with Gasteiger partial charge in [-0.15, -0.1) is 0 Å². The van der Waals surface area contributed by atoms with E-state index >= 15 is 0 Å². The highest BCUT2D eigenvalue weighted by Crippen LogP contribution is 2.26. The number of benzene rings is 1. The van der Waals surface area contributed by atoms with Gasteiger partial charge in [0, 0.05) is 0 Å². The number of halogens is 2. The van der Waals surface area contributed by atoms with Crippen molar-refractivity contribution in [2.75, 3.05) is 11.1 Å². The Bertz CT molecular complexity index is 601. The molecule has 2 aromatic rings. The maximum absolute atomic E-state index is 13.5. The van der Waals surface area contributed by atoms with Crippen molar-refractivity contribution in [3.05, 3.63) is 52.4 Å². The van der Waals surface area contributed by atoms with Gasteiger partial charge in [0.15, 0.2) is 0 Å². The van der Waals surface area contributed by atoms with E-state index in [-0.39, 0.29) is 11.9 Å². The highest BCUT2D eigenvalue weighted by molar-refractivity contribution is 6.33. The summed E-state index contributed by atoms with van der Waals surface area (Å²) < 4.78 is 13.5. The van der Waals surface area contributed by atoms with E-state index < -0.39 is 0 Å². The fraction of sp³-hybridized carbons (Fsp3) is 0.214. The first-order valence-electron chi connectivity index (χ1n) is 5.91. The molecule has 0 fully saturated rings. The quantitative estimate of drug-likeness (QED) is 0.895. The van der Waals surface area contributed by atoms with Crippen molar-refractivity contribution in [3.63, 3.8) is 0 Å². The molecule has 3 N–H and O–H groups in total. The predicted octanol–water partition coefficient (Wildman–Crippen LogP) is 3.94. The first kappa shape index (κ1) is 13.6. The lowest BCUT2D eigenvalue weighted by molar-refractivity contribution is 0.614. The van der Waals surface area contributed by atoms with Crippen molar-refractivity contribution in [1.29, 1.82) is 0 Å². The summed E-state index contributed by atoms with van der Waals surface area (Å²) in [5.41, 5.74) is 7.54. The first-order chi connectivity index (χ1) is 8.97. The molecule has 3 nitrogen and oxygen atoms in total. The largest absolute Gasteiger partial charge is 0.397 e. The highest BCUT2D eigenvalue weighted by atomic mass is 35.5. The van der Waals surface area contributed by atoms with Gasteiger partial charge >= 0.3 is 0 Å². The van der Waals surface area contributed by atoms with Gasteiger partial charge in [-0.1, -0.05) is 23.7 Å². The number of anilines is 2. The van der Waals surface area contributed by atoms with Crippen LogP contribution in [0.25, 0.3) is 0 Å². The number of aromatic nitrogens is 1. The number of pyridine rings is 1. The Kier molecular flexibility index (Phi) is 3.90. The molecule has 0 radical (unpaired) electrons. The molecular formula is C14H15ClFN3. The van der Waals surface area contributed by atoms with Crippen molar-refractivity contribution in [2.24, 2.45) is 0 Å². The van der Waals surface area contributed by atoms with E-state index in [0.717, 1.165) is 5.56 Å². The van der Waals surface area contributed by atoms with Crippen molar-refractivity contribution < 1.29 is 4.39 Å². The molecule has 1 unspecified atom stereocenters. The van der Waals surface area contributed by atoms with Crippen LogP contribution in [-0.2, 0) is 0 Å². The lowest BCUT2D eigenvalue weighted by Gasteiger charge is -2.16. The van der Waals surface area contributed by atoms with E-state index in [1.54, 1.807) is 19.1 Å². The second kappa shape index (κ2) is 5.45. The lowest BCUT2D eigenvalue weighted by atomic mass is 10.1. The first-order valence-corrected chi connectivity index (χ1v) is 6.29. The Morgan fingerprint density at radius 2 is 2.11 bits per heavy atom. The zero-order valence-corrected chi connectivity index (χ0v) is 11.5. The molecule has 0 spiro atoms. The van der Waals surface area contributed by atoms with Gasteiger partial charge in [0.1, 0.15) is 11.6 Å². The Balaban J connectivity index is 2.20. The lowest BCUT2D eigenvalue weighted by Crippen LogP contribution is -2.09. The minimum atomic E-state index is -0.220. The highest BCUT2D eigenvalue weighted by Gasteiger charge is 2.10. The molecule has 1 heterocycles. The number of nitrogen functional groups attached to an aromatic ring is 1. The van der Waals surface area contributed by atoms with E-state index in [0.29, 0.717) is 22.1 Å². The van der Waals surface area contributed by atoms with Crippen LogP contribution in [0, 0.1) is 12.7 Å². The molecule has 0 saturated carbocycles. The van der Waals surface area contributed by atoms with Gasteiger partial charge in [0.25, 0.3) is 0 Å². The molecule has 100 valence electrons. The topological polar surface area (TPSA) is 50.9 Å². The van der Waals surface area contributed by atoms with Crippen LogP contribution in [0.2, 0.25) is 5.02 Å². The average molecular weight is 280 g/mol. The average Bonchev–Trinajstić information content (AvgIpc) is 2.36. The molecule has 19 heavy (non-hydrogen) atoms. The van der Waals surface area contributed by atoms with E-state index in [2.05, 4.69) is 10.3 Å². The van der Waals surface area contributed by atoms with E-state index in [1.165, 1.54) is 12.3 Å². The van der Waals surface area contributed by atoms with Crippen LogP contribution in [-0.4, -0.2) is 4.98 Å². The molecule has 0 bridgehead atoms. The predicted molar refractivity (Wildman–Crippen MR) is 76.8 cm³/mol. The smallest absolute Gasteiger partial charge is 0.145 e. The zero-order valence-electron chi connectivity index (χ0n) is 10.7. The summed E-state index contributed by atoms with van der Waals surface area (Å²) in [7, 11) is 0. The molecule has 0 aliphatic rings. The van der Waals surface area contributed by atoms with Crippen molar-refractivity contribution in [3.8, 4) is 0 Å². The monoisotopic (exact) mass is 279 g/mol. The summed E-state index contributed by atoms with van der Waals surface area (Å²) in [6.07, 6.45) is 1.52. The number of nitrogens with one attached hydrogen (secondary N) is 1. The Labute approximate surface area is 116 Å². The van der Waals surface area contributed by atoms with Gasteiger partial charge in [-0.25, -0.2) is 9.37 Å². The summed E-state index contributed by atoms with van der Waals surface area (Å²) in [5, 5.41) is 3.58. The van der Waals surface area contributed by atoms with Crippen LogP contribution in [0.5, 0.6) is 0 Å². The SMILES string of the molecule is Cc1ccc(C(C)Nc2ncc(N)cc2Cl)cc1F. The number of nitrogens with zero attached hydrogens (tertiary/aromatic N) is 1. The Hall–Kier alpha value is -1.81. The second-order valence-electron chi connectivity index (χ2n) is 4.47. The molecule has 0 aliphatic heterocycles. The van der Waals surface area contributed by atoms with Gasteiger partial charge in [-0.3, -0.25) is 0 Å². The van der Waals surface area contributed by atoms with E-state index in [4.69, 9.17) is 17.3 Å². The fourth-order valence-electron chi connectivity index (χ4n) is 1.73. The number of aryl methyl sites for hydroxylation is 1. The minimum Gasteiger partial charge on any atom is -0.397 e. The van der Waals surface area contributed by atoms with Crippen LogP contribution < -0.4 is 11.1 Å². The van der Waals surface area contributed by atoms with E-state index in [1.807, 2.05) is 13.0 Å². The van der Waals surface area contributed by atoms with Crippen LogP contribution in [0.1, 0.15) is 24.1 Å². The molecule has 1 aromatic heterocycles. The molecule has 2 rings (SSSR count). The normalized spacial score (nSPS) is 12.2. The van der Waals surface area contributed by atoms with Crippen LogP contribution in [0.4, 0.5) is 15.9 Å². The van der Waals surface area contributed by atoms with Crippen molar-refractivity contribution >= 4 is 23.1 Å².